The zero-order valence-electron chi connectivity index (χ0n) is 21.3. The molecule has 8 heteroatoms. The third-order valence-electron chi connectivity index (χ3n) is 7.33. The van der Waals surface area contributed by atoms with Crippen molar-refractivity contribution < 1.29 is 9.59 Å². The van der Waals surface area contributed by atoms with Crippen LogP contribution in [0.15, 0.2) is 66.9 Å². The number of rotatable bonds is 7. The summed E-state index contributed by atoms with van der Waals surface area (Å²) in [5.74, 6) is -0.405. The Morgan fingerprint density at radius 3 is 2.08 bits per heavy atom. The summed E-state index contributed by atoms with van der Waals surface area (Å²) in [6.07, 6.45) is 2.42. The minimum atomic E-state index is -0.551. The number of amides is 2. The molecule has 8 nitrogen and oxygen atoms in total. The molecule has 0 bridgehead atoms. The molecule has 2 amide bonds. The van der Waals surface area contributed by atoms with Crippen LogP contribution in [0.2, 0.25) is 0 Å². The summed E-state index contributed by atoms with van der Waals surface area (Å²) in [6, 6.07) is 21.3. The van der Waals surface area contributed by atoms with Crippen molar-refractivity contribution in [1.82, 2.24) is 24.4 Å². The lowest BCUT2D eigenvalue weighted by Crippen LogP contribution is -2.49. The maximum atomic E-state index is 13.2. The lowest BCUT2D eigenvalue weighted by Gasteiger charge is -2.40. The first-order valence-electron chi connectivity index (χ1n) is 12.7. The van der Waals surface area contributed by atoms with Crippen LogP contribution in [0.5, 0.6) is 0 Å². The van der Waals surface area contributed by atoms with Crippen molar-refractivity contribution in [3.05, 3.63) is 101 Å². The molecule has 3 heterocycles. The van der Waals surface area contributed by atoms with Gasteiger partial charge in [0.25, 0.3) is 5.91 Å². The molecule has 0 radical (unpaired) electrons. The average molecular weight is 497 g/mol. The molecule has 0 aliphatic carbocycles. The van der Waals surface area contributed by atoms with E-state index in [4.69, 9.17) is 5.73 Å². The highest BCUT2D eigenvalue weighted by Crippen LogP contribution is 2.29. The summed E-state index contributed by atoms with van der Waals surface area (Å²) in [5.41, 5.74) is 11.4. The predicted molar refractivity (Wildman–Crippen MR) is 142 cm³/mol. The molecule has 0 atom stereocenters. The number of hydrogen-bond donors (Lipinski definition) is 1. The number of carbonyl (C=O) groups is 2. The topological polar surface area (TPSA) is 96.8 Å². The zero-order chi connectivity index (χ0) is 25.9. The molecule has 0 unspecified atom stereocenters. The number of aryl methyl sites for hydroxylation is 2. The molecule has 0 saturated carbocycles. The Balaban J connectivity index is 1.25. The molecule has 1 saturated heterocycles. The number of carbonyl (C=O) groups excluding carboxylic acids is 2. The standard InChI is InChI=1S/C29H32N6O2/c1-20-24(21(2)35-29(32-20)25(19-31-35)28(30)37)13-14-26(36)33-15-17-34(18-16-33)27(22-9-5-3-6-10-22)23-11-7-4-8-12-23/h3-12,19,27H,13-18H2,1-2H3,(H2,30,37). The average Bonchev–Trinajstić information content (AvgIpc) is 3.34. The first-order valence-corrected chi connectivity index (χ1v) is 12.7. The highest BCUT2D eigenvalue weighted by Gasteiger charge is 2.28. The minimum absolute atomic E-state index is 0.146. The molecule has 1 fully saturated rings. The summed E-state index contributed by atoms with van der Waals surface area (Å²) in [7, 11) is 0. The summed E-state index contributed by atoms with van der Waals surface area (Å²) >= 11 is 0. The van der Waals surface area contributed by atoms with E-state index < -0.39 is 5.91 Å². The first kappa shape index (κ1) is 24.6. The molecule has 5 rings (SSSR count). The Morgan fingerprint density at radius 2 is 1.51 bits per heavy atom. The van der Waals surface area contributed by atoms with E-state index in [1.165, 1.54) is 17.3 Å². The predicted octanol–water partition coefficient (Wildman–Crippen LogP) is 3.31. The second-order valence-corrected chi connectivity index (χ2v) is 9.56. The van der Waals surface area contributed by atoms with Gasteiger partial charge in [-0.1, -0.05) is 60.7 Å². The zero-order valence-corrected chi connectivity index (χ0v) is 21.3. The number of fused-ring (bicyclic) bond motifs is 1. The van der Waals surface area contributed by atoms with Gasteiger partial charge in [0.1, 0.15) is 5.56 Å². The molecule has 1 aliphatic rings. The lowest BCUT2D eigenvalue weighted by atomic mass is 9.96. The minimum Gasteiger partial charge on any atom is -0.365 e. The van der Waals surface area contributed by atoms with Crippen molar-refractivity contribution in [2.75, 3.05) is 26.2 Å². The van der Waals surface area contributed by atoms with E-state index in [0.29, 0.717) is 37.1 Å². The fraction of sp³-hybridized carbons (Fsp3) is 0.310. The third-order valence-corrected chi connectivity index (χ3v) is 7.33. The molecule has 190 valence electrons. The van der Waals surface area contributed by atoms with E-state index in [2.05, 4.69) is 63.5 Å². The number of piperazine rings is 1. The van der Waals surface area contributed by atoms with Crippen molar-refractivity contribution in [3.63, 3.8) is 0 Å². The number of primary amides is 1. The Hall–Kier alpha value is -4.04. The van der Waals surface area contributed by atoms with Gasteiger partial charge in [0, 0.05) is 44.0 Å². The van der Waals surface area contributed by atoms with E-state index in [1.54, 1.807) is 4.52 Å². The Morgan fingerprint density at radius 1 is 0.919 bits per heavy atom. The van der Waals surface area contributed by atoms with Crippen LogP contribution in [-0.4, -0.2) is 62.4 Å². The fourth-order valence-electron chi connectivity index (χ4n) is 5.35. The van der Waals surface area contributed by atoms with Crippen LogP contribution in [0.3, 0.4) is 0 Å². The van der Waals surface area contributed by atoms with E-state index in [1.807, 2.05) is 30.9 Å². The molecule has 2 aromatic carbocycles. The molecule has 4 aromatic rings. The van der Waals surface area contributed by atoms with Crippen molar-refractivity contribution >= 4 is 17.5 Å². The molecule has 37 heavy (non-hydrogen) atoms. The normalized spacial score (nSPS) is 14.4. The number of hydrogen-bond acceptors (Lipinski definition) is 5. The lowest BCUT2D eigenvalue weighted by molar-refractivity contribution is -0.133. The van der Waals surface area contributed by atoms with Gasteiger partial charge in [-0.15, -0.1) is 0 Å². The summed E-state index contributed by atoms with van der Waals surface area (Å²) < 4.78 is 1.64. The van der Waals surface area contributed by atoms with E-state index in [0.717, 1.165) is 30.0 Å². The number of benzene rings is 2. The Labute approximate surface area is 216 Å². The number of nitrogens with two attached hydrogens (primary N) is 1. The van der Waals surface area contributed by atoms with Gasteiger partial charge in [0.15, 0.2) is 5.65 Å². The van der Waals surface area contributed by atoms with Crippen molar-refractivity contribution in [2.45, 2.75) is 32.7 Å². The SMILES string of the molecule is Cc1nc2c(C(N)=O)cnn2c(C)c1CCC(=O)N1CCN(C(c2ccccc2)c2ccccc2)CC1. The van der Waals surface area contributed by atoms with Crippen molar-refractivity contribution in [1.29, 1.82) is 0 Å². The van der Waals surface area contributed by atoms with Crippen molar-refractivity contribution in [2.24, 2.45) is 5.73 Å². The fourth-order valence-corrected chi connectivity index (χ4v) is 5.35. The van der Waals surface area contributed by atoms with Gasteiger partial charge >= 0.3 is 0 Å². The van der Waals surface area contributed by atoms with E-state index in [9.17, 15) is 9.59 Å². The molecular formula is C29H32N6O2. The van der Waals surface area contributed by atoms with Gasteiger partial charge in [0.2, 0.25) is 5.91 Å². The van der Waals surface area contributed by atoms with Crippen LogP contribution >= 0.6 is 0 Å². The number of nitrogens with zero attached hydrogens (tertiary/aromatic N) is 5. The van der Waals surface area contributed by atoms with Crippen LogP contribution < -0.4 is 5.73 Å². The van der Waals surface area contributed by atoms with Crippen LogP contribution in [0.4, 0.5) is 0 Å². The smallest absolute Gasteiger partial charge is 0.254 e. The maximum absolute atomic E-state index is 13.2. The monoisotopic (exact) mass is 496 g/mol. The molecule has 2 aromatic heterocycles. The van der Waals surface area contributed by atoms with Gasteiger partial charge < -0.3 is 10.6 Å². The highest BCUT2D eigenvalue weighted by molar-refractivity contribution is 5.98. The second kappa shape index (κ2) is 10.5. The number of aromatic nitrogens is 3. The van der Waals surface area contributed by atoms with Crippen LogP contribution in [0.25, 0.3) is 5.65 Å². The molecule has 2 N–H and O–H groups in total. The third kappa shape index (κ3) is 4.97. The van der Waals surface area contributed by atoms with E-state index in [-0.39, 0.29) is 11.9 Å². The quantitative estimate of drug-likeness (QED) is 0.423. The highest BCUT2D eigenvalue weighted by atomic mass is 16.2. The van der Waals surface area contributed by atoms with Gasteiger partial charge in [-0.25, -0.2) is 9.50 Å². The van der Waals surface area contributed by atoms with E-state index >= 15 is 0 Å². The summed E-state index contributed by atoms with van der Waals surface area (Å²) in [4.78, 5) is 33.8. The van der Waals surface area contributed by atoms with Gasteiger partial charge in [-0.05, 0) is 37.0 Å². The summed E-state index contributed by atoms with van der Waals surface area (Å²) in [5, 5.41) is 4.29. The first-order chi connectivity index (χ1) is 17.9. The van der Waals surface area contributed by atoms with Gasteiger partial charge in [-0.2, -0.15) is 5.10 Å². The summed E-state index contributed by atoms with van der Waals surface area (Å²) in [6.45, 7) is 6.86. The molecule has 1 aliphatic heterocycles. The Kier molecular flexibility index (Phi) is 7.01. The van der Waals surface area contributed by atoms with Gasteiger partial charge in [-0.3, -0.25) is 14.5 Å². The largest absolute Gasteiger partial charge is 0.365 e. The molecular weight excluding hydrogens is 464 g/mol. The second-order valence-electron chi connectivity index (χ2n) is 9.56. The van der Waals surface area contributed by atoms with Crippen molar-refractivity contribution in [3.8, 4) is 0 Å². The maximum Gasteiger partial charge on any atom is 0.254 e. The van der Waals surface area contributed by atoms with Crippen LogP contribution in [0.1, 0.15) is 50.9 Å². The molecule has 0 spiro atoms. The Bertz CT molecular complexity index is 1370. The van der Waals surface area contributed by atoms with Crippen LogP contribution in [-0.2, 0) is 11.2 Å². The van der Waals surface area contributed by atoms with Gasteiger partial charge in [0.05, 0.1) is 12.2 Å². The van der Waals surface area contributed by atoms with Crippen LogP contribution in [0, 0.1) is 13.8 Å².